The number of fused-ring (bicyclic) bond motifs is 1. The average molecular weight is 470 g/mol. The zero-order valence-electron chi connectivity index (χ0n) is 16.3. The molecule has 4 rings (SSSR count). The van der Waals surface area contributed by atoms with Crippen molar-refractivity contribution >= 4 is 34.3 Å². The molecule has 1 aliphatic rings. The van der Waals surface area contributed by atoms with E-state index in [0.717, 1.165) is 23.4 Å². The molecule has 0 bridgehead atoms. The molecular weight excluding hydrogens is 449 g/mol. The van der Waals surface area contributed by atoms with Gasteiger partial charge < -0.3 is 34.8 Å². The fraction of sp³-hybridized carbons (Fsp3) is 0.333. The van der Waals surface area contributed by atoms with E-state index >= 15 is 0 Å². The molecule has 0 spiro atoms. The highest BCUT2D eigenvalue weighted by Gasteiger charge is 2.44. The number of aryl methyl sites for hydroxylation is 1. The van der Waals surface area contributed by atoms with Gasteiger partial charge in [-0.15, -0.1) is 0 Å². The van der Waals surface area contributed by atoms with Gasteiger partial charge in [-0.1, -0.05) is 29.4 Å². The van der Waals surface area contributed by atoms with Crippen LogP contribution in [0.2, 0.25) is 5.02 Å². The van der Waals surface area contributed by atoms with E-state index in [1.54, 1.807) is 18.3 Å². The molecule has 5 atom stereocenters. The Morgan fingerprint density at radius 3 is 2.52 bits per heavy atom. The summed E-state index contributed by atoms with van der Waals surface area (Å²) < 4.78 is 21.6. The Kier molecular flexibility index (Phi) is 6.19. The Morgan fingerprint density at radius 1 is 1.10 bits per heavy atom. The van der Waals surface area contributed by atoms with E-state index in [-0.39, 0.29) is 10.6 Å². The fourth-order valence-corrected chi connectivity index (χ4v) is 5.08. The highest BCUT2D eigenvalue weighted by Crippen LogP contribution is 2.43. The molecule has 1 aliphatic heterocycles. The van der Waals surface area contributed by atoms with Crippen LogP contribution in [0.3, 0.4) is 0 Å². The van der Waals surface area contributed by atoms with Crippen molar-refractivity contribution < 1.29 is 34.7 Å². The van der Waals surface area contributed by atoms with Crippen molar-refractivity contribution in [2.75, 3.05) is 6.61 Å². The lowest BCUT2D eigenvalue weighted by Crippen LogP contribution is -2.56. The van der Waals surface area contributed by atoms with Crippen LogP contribution >= 0.6 is 23.4 Å². The number of aliphatic hydroxyl groups excluding tert-OH is 4. The van der Waals surface area contributed by atoms with Crippen LogP contribution in [0.15, 0.2) is 46.3 Å². The summed E-state index contributed by atoms with van der Waals surface area (Å²) in [6, 6.07) is 7.32. The maximum atomic E-state index is 14.4. The first kappa shape index (κ1) is 22.3. The van der Waals surface area contributed by atoms with Crippen LogP contribution in [0, 0.1) is 12.7 Å². The summed E-state index contributed by atoms with van der Waals surface area (Å²) in [5.74, 6) is -0.789. The van der Waals surface area contributed by atoms with E-state index in [1.807, 2.05) is 6.92 Å². The lowest BCUT2D eigenvalue weighted by Gasteiger charge is -2.40. The maximum absolute atomic E-state index is 14.4. The molecule has 5 N–H and O–H groups in total. The van der Waals surface area contributed by atoms with Crippen LogP contribution in [0.1, 0.15) is 11.8 Å². The number of benzene rings is 2. The molecule has 1 saturated heterocycles. The van der Waals surface area contributed by atoms with Crippen molar-refractivity contribution in [3.8, 4) is 5.75 Å². The number of rotatable bonds is 4. The molecule has 166 valence electrons. The predicted molar refractivity (Wildman–Crippen MR) is 113 cm³/mol. The maximum Gasteiger partial charge on any atom is 0.163 e. The van der Waals surface area contributed by atoms with Crippen molar-refractivity contribution in [1.29, 1.82) is 0 Å². The smallest absolute Gasteiger partial charge is 0.163 e. The predicted octanol–water partition coefficient (Wildman–Crippen LogP) is 2.57. The van der Waals surface area contributed by atoms with Gasteiger partial charge in [-0.2, -0.15) is 0 Å². The number of phenolic OH excluding ortho intramolecular Hbond substituents is 1. The minimum absolute atomic E-state index is 0.190. The molecule has 0 radical (unpaired) electrons. The van der Waals surface area contributed by atoms with E-state index in [2.05, 4.69) is 0 Å². The Balaban J connectivity index is 1.86. The minimum atomic E-state index is -1.55. The molecule has 2 aromatic carbocycles. The number of ether oxygens (including phenoxy) is 1. The third kappa shape index (κ3) is 3.91. The second-order valence-electron chi connectivity index (χ2n) is 7.42. The zero-order valence-corrected chi connectivity index (χ0v) is 17.9. The Bertz CT molecular complexity index is 1120. The third-order valence-electron chi connectivity index (χ3n) is 5.37. The number of aromatic hydroxyl groups is 1. The average Bonchev–Trinajstić information content (AvgIpc) is 3.11. The Hall–Kier alpha value is -1.85. The summed E-state index contributed by atoms with van der Waals surface area (Å²) in [7, 11) is 0. The number of phenols is 1. The normalized spacial score (nSPS) is 26.5. The van der Waals surface area contributed by atoms with Crippen molar-refractivity contribution in [1.82, 2.24) is 4.57 Å². The summed E-state index contributed by atoms with van der Waals surface area (Å²) in [5, 5.41) is 50.9. The quantitative estimate of drug-likeness (QED) is 0.399. The van der Waals surface area contributed by atoms with E-state index < -0.39 is 43.1 Å². The second-order valence-corrected chi connectivity index (χ2v) is 8.92. The topological polar surface area (TPSA) is 115 Å². The largest absolute Gasteiger partial charge is 0.508 e. The second kappa shape index (κ2) is 8.59. The van der Waals surface area contributed by atoms with Gasteiger partial charge in [-0.25, -0.2) is 4.39 Å². The molecule has 0 aliphatic carbocycles. The van der Waals surface area contributed by atoms with Crippen LogP contribution in [0.25, 0.3) is 10.9 Å². The number of nitrogens with zero attached hydrogens (tertiary/aromatic N) is 1. The first-order chi connectivity index (χ1) is 14.7. The van der Waals surface area contributed by atoms with Gasteiger partial charge in [0.2, 0.25) is 0 Å². The standard InChI is InChI=1S/C21H21ClFNO6S/c1-9-2-4-11(22)17-16(9)15(31-14-5-3-10(26)6-12(14)23)7-24(17)21-20(29)19(28)18(27)13(8-25)30-21/h2-7,13,18-21,25-29H,8H2,1H3/t13-,18-,19+,20-,21-/m1/s1. The van der Waals surface area contributed by atoms with E-state index in [9.17, 15) is 29.9 Å². The molecular formula is C21H21ClFNO6S. The van der Waals surface area contributed by atoms with Gasteiger partial charge in [0.05, 0.1) is 17.1 Å². The summed E-state index contributed by atoms with van der Waals surface area (Å²) in [6.45, 7) is 1.29. The van der Waals surface area contributed by atoms with Gasteiger partial charge in [0.1, 0.15) is 36.0 Å². The minimum Gasteiger partial charge on any atom is -0.508 e. The molecule has 1 aromatic heterocycles. The Labute approximate surface area is 186 Å². The van der Waals surface area contributed by atoms with Crippen LogP contribution in [0.5, 0.6) is 5.75 Å². The molecule has 31 heavy (non-hydrogen) atoms. The van der Waals surface area contributed by atoms with Gasteiger partial charge in [0.25, 0.3) is 0 Å². The summed E-state index contributed by atoms with van der Waals surface area (Å²) in [5.41, 5.74) is 1.33. The molecule has 0 amide bonds. The van der Waals surface area contributed by atoms with E-state index in [0.29, 0.717) is 20.8 Å². The van der Waals surface area contributed by atoms with Crippen LogP contribution in [0.4, 0.5) is 4.39 Å². The van der Waals surface area contributed by atoms with Crippen molar-refractivity contribution in [2.24, 2.45) is 0 Å². The molecule has 0 unspecified atom stereocenters. The summed E-state index contributed by atoms with van der Waals surface area (Å²) >= 11 is 7.57. The van der Waals surface area contributed by atoms with Crippen LogP contribution in [-0.2, 0) is 4.74 Å². The first-order valence-electron chi connectivity index (χ1n) is 9.49. The number of aromatic nitrogens is 1. The van der Waals surface area contributed by atoms with Gasteiger partial charge in [-0.3, -0.25) is 0 Å². The molecule has 2 heterocycles. The molecule has 0 saturated carbocycles. The van der Waals surface area contributed by atoms with Crippen LogP contribution in [-0.4, -0.2) is 61.1 Å². The van der Waals surface area contributed by atoms with Crippen molar-refractivity contribution in [3.63, 3.8) is 0 Å². The number of halogens is 2. The first-order valence-corrected chi connectivity index (χ1v) is 10.7. The van der Waals surface area contributed by atoms with E-state index in [1.165, 1.54) is 16.7 Å². The number of hydrogen-bond donors (Lipinski definition) is 5. The fourth-order valence-electron chi connectivity index (χ4n) is 3.77. The monoisotopic (exact) mass is 469 g/mol. The molecule has 1 fully saturated rings. The van der Waals surface area contributed by atoms with E-state index in [4.69, 9.17) is 16.3 Å². The zero-order chi connectivity index (χ0) is 22.4. The third-order valence-corrected chi connectivity index (χ3v) is 6.76. The molecule has 7 nitrogen and oxygen atoms in total. The lowest BCUT2D eigenvalue weighted by molar-refractivity contribution is -0.250. The summed E-state index contributed by atoms with van der Waals surface area (Å²) in [6.07, 6.45) is -5.18. The van der Waals surface area contributed by atoms with Crippen molar-refractivity contribution in [3.05, 3.63) is 52.9 Å². The lowest BCUT2D eigenvalue weighted by atomic mass is 9.98. The highest BCUT2D eigenvalue weighted by molar-refractivity contribution is 7.99. The molecule has 10 heteroatoms. The van der Waals surface area contributed by atoms with Gasteiger partial charge >= 0.3 is 0 Å². The van der Waals surface area contributed by atoms with Gasteiger partial charge in [-0.05, 0) is 30.7 Å². The number of hydrogen-bond acceptors (Lipinski definition) is 7. The SMILES string of the molecule is Cc1ccc(Cl)c2c1c(Sc1ccc(O)cc1F)cn2[C@@H]1O[C@H](CO)[C@@H](O)[C@H](O)[C@H]1O. The Morgan fingerprint density at radius 2 is 1.84 bits per heavy atom. The summed E-state index contributed by atoms with van der Waals surface area (Å²) in [4.78, 5) is 0.876. The molecule has 3 aromatic rings. The van der Waals surface area contributed by atoms with Crippen LogP contribution < -0.4 is 0 Å². The van der Waals surface area contributed by atoms with Crippen molar-refractivity contribution in [2.45, 2.75) is 47.4 Å². The number of aliphatic hydroxyl groups is 4. The highest BCUT2D eigenvalue weighted by atomic mass is 35.5. The van der Waals surface area contributed by atoms with Gasteiger partial charge in [0, 0.05) is 27.4 Å². The van der Waals surface area contributed by atoms with Gasteiger partial charge in [0.15, 0.2) is 6.23 Å².